The van der Waals surface area contributed by atoms with Gasteiger partial charge in [0, 0.05) is 24.3 Å². The summed E-state index contributed by atoms with van der Waals surface area (Å²) in [7, 11) is 4.48. The van der Waals surface area contributed by atoms with E-state index in [1.165, 1.54) is 0 Å². The molecule has 0 bridgehead atoms. The molecule has 0 amide bonds. The number of hydrogen-bond acceptors (Lipinski definition) is 1. The van der Waals surface area contributed by atoms with Crippen LogP contribution in [-0.4, -0.2) is 37.5 Å². The molecular formula is C14H20BrNO. The third-order valence-electron chi connectivity index (χ3n) is 3.59. The van der Waals surface area contributed by atoms with E-state index in [0.29, 0.717) is 5.78 Å². The lowest BCUT2D eigenvalue weighted by Crippen LogP contribution is -3.00. The van der Waals surface area contributed by atoms with Crippen molar-refractivity contribution < 1.29 is 26.3 Å². The van der Waals surface area contributed by atoms with Gasteiger partial charge in [0.25, 0.3) is 0 Å². The first kappa shape index (κ1) is 14.4. The zero-order valence-electron chi connectivity index (χ0n) is 10.5. The van der Waals surface area contributed by atoms with Crippen molar-refractivity contribution in [3.63, 3.8) is 0 Å². The van der Waals surface area contributed by atoms with Gasteiger partial charge in [-0.25, -0.2) is 0 Å². The molecule has 1 aromatic rings. The third kappa shape index (κ3) is 3.65. The number of piperidine rings is 1. The number of nitrogens with zero attached hydrogens (tertiary/aromatic N) is 1. The first-order valence-corrected chi connectivity index (χ1v) is 6.00. The molecule has 0 atom stereocenters. The van der Waals surface area contributed by atoms with E-state index in [1.54, 1.807) is 0 Å². The number of ketones is 1. The first-order chi connectivity index (χ1) is 7.58. The topological polar surface area (TPSA) is 17.1 Å². The van der Waals surface area contributed by atoms with Crippen LogP contribution in [0.2, 0.25) is 0 Å². The molecule has 17 heavy (non-hydrogen) atoms. The largest absolute Gasteiger partial charge is 1.00 e. The van der Waals surface area contributed by atoms with Gasteiger partial charge in [-0.3, -0.25) is 4.79 Å². The Bertz CT molecular complexity index is 365. The van der Waals surface area contributed by atoms with E-state index in [-0.39, 0.29) is 22.9 Å². The zero-order valence-corrected chi connectivity index (χ0v) is 12.1. The van der Waals surface area contributed by atoms with E-state index in [9.17, 15) is 4.79 Å². The van der Waals surface area contributed by atoms with E-state index >= 15 is 0 Å². The lowest BCUT2D eigenvalue weighted by atomic mass is 9.88. The molecule has 0 spiro atoms. The number of Topliss-reactive ketones (excluding diaryl/α,β-unsaturated/α-hetero) is 1. The maximum absolute atomic E-state index is 12.2. The van der Waals surface area contributed by atoms with Gasteiger partial charge >= 0.3 is 0 Å². The van der Waals surface area contributed by atoms with Crippen LogP contribution in [-0.2, 0) is 0 Å². The second-order valence-corrected chi connectivity index (χ2v) is 5.39. The first-order valence-electron chi connectivity index (χ1n) is 6.00. The van der Waals surface area contributed by atoms with Gasteiger partial charge in [-0.1, -0.05) is 30.3 Å². The minimum atomic E-state index is 0. The summed E-state index contributed by atoms with van der Waals surface area (Å²) >= 11 is 0. The summed E-state index contributed by atoms with van der Waals surface area (Å²) in [5.74, 6) is 0.578. The monoisotopic (exact) mass is 297 g/mol. The molecule has 3 heteroatoms. The summed E-state index contributed by atoms with van der Waals surface area (Å²) in [6, 6.07) is 9.69. The number of halogens is 1. The zero-order chi connectivity index (χ0) is 11.6. The van der Waals surface area contributed by atoms with Crippen LogP contribution in [0.5, 0.6) is 0 Å². The Hall–Kier alpha value is -0.670. The highest BCUT2D eigenvalue weighted by atomic mass is 79.9. The predicted molar refractivity (Wildman–Crippen MR) is 65.3 cm³/mol. The molecule has 0 aliphatic carbocycles. The number of rotatable bonds is 2. The number of hydrogen-bond donors (Lipinski definition) is 0. The molecule has 2 rings (SSSR count). The molecule has 1 aliphatic rings. The second kappa shape index (κ2) is 5.78. The van der Waals surface area contributed by atoms with E-state index in [2.05, 4.69) is 14.1 Å². The van der Waals surface area contributed by atoms with Crippen LogP contribution in [0.4, 0.5) is 0 Å². The summed E-state index contributed by atoms with van der Waals surface area (Å²) in [4.78, 5) is 12.2. The minimum absolute atomic E-state index is 0. The normalized spacial score (nSPS) is 19.4. The fourth-order valence-electron chi connectivity index (χ4n) is 2.37. The molecule has 94 valence electrons. The van der Waals surface area contributed by atoms with Gasteiger partial charge in [0.05, 0.1) is 27.2 Å². The number of benzene rings is 1. The molecule has 1 fully saturated rings. The van der Waals surface area contributed by atoms with E-state index in [0.717, 1.165) is 36.0 Å². The van der Waals surface area contributed by atoms with E-state index in [1.807, 2.05) is 30.3 Å². The third-order valence-corrected chi connectivity index (χ3v) is 3.59. The second-order valence-electron chi connectivity index (χ2n) is 5.39. The van der Waals surface area contributed by atoms with Crippen LogP contribution in [0, 0.1) is 5.92 Å². The Balaban J connectivity index is 0.00000144. The van der Waals surface area contributed by atoms with Crippen molar-refractivity contribution in [3.8, 4) is 0 Å². The van der Waals surface area contributed by atoms with Gasteiger partial charge in [0.15, 0.2) is 5.78 Å². The molecule has 1 heterocycles. The highest BCUT2D eigenvalue weighted by molar-refractivity contribution is 5.97. The molecule has 1 aromatic carbocycles. The summed E-state index contributed by atoms with van der Waals surface area (Å²) in [6.45, 7) is 2.23. The summed E-state index contributed by atoms with van der Waals surface area (Å²) in [5, 5.41) is 0. The lowest BCUT2D eigenvalue weighted by molar-refractivity contribution is -0.895. The number of carbonyl (C=O) groups excluding carboxylic acids is 1. The van der Waals surface area contributed by atoms with Crippen LogP contribution in [0.15, 0.2) is 30.3 Å². The Morgan fingerprint density at radius 2 is 1.65 bits per heavy atom. The van der Waals surface area contributed by atoms with Crippen molar-refractivity contribution >= 4 is 5.78 Å². The van der Waals surface area contributed by atoms with Gasteiger partial charge < -0.3 is 21.5 Å². The van der Waals surface area contributed by atoms with Crippen molar-refractivity contribution in [3.05, 3.63) is 35.9 Å². The van der Waals surface area contributed by atoms with Gasteiger partial charge in [0.1, 0.15) is 0 Å². The fraction of sp³-hybridized carbons (Fsp3) is 0.500. The minimum Gasteiger partial charge on any atom is -1.00 e. The molecule has 0 radical (unpaired) electrons. The number of quaternary nitrogens is 1. The van der Waals surface area contributed by atoms with Crippen molar-refractivity contribution in [2.75, 3.05) is 27.2 Å². The summed E-state index contributed by atoms with van der Waals surface area (Å²) < 4.78 is 1.05. The summed E-state index contributed by atoms with van der Waals surface area (Å²) in [6.07, 6.45) is 2.06. The van der Waals surface area contributed by atoms with Crippen molar-refractivity contribution in [2.45, 2.75) is 12.8 Å². The van der Waals surface area contributed by atoms with Gasteiger partial charge in [-0.2, -0.15) is 0 Å². The van der Waals surface area contributed by atoms with E-state index < -0.39 is 0 Å². The predicted octanol–water partition coefficient (Wildman–Crippen LogP) is -0.640. The molecule has 1 aliphatic heterocycles. The molecule has 2 nitrogen and oxygen atoms in total. The van der Waals surface area contributed by atoms with Gasteiger partial charge in [-0.05, 0) is 0 Å². The molecule has 0 aromatic heterocycles. The van der Waals surface area contributed by atoms with Crippen molar-refractivity contribution in [1.82, 2.24) is 0 Å². The average Bonchev–Trinajstić information content (AvgIpc) is 2.29. The van der Waals surface area contributed by atoms with Crippen LogP contribution in [0.25, 0.3) is 0 Å². The van der Waals surface area contributed by atoms with Crippen LogP contribution in [0.1, 0.15) is 23.2 Å². The van der Waals surface area contributed by atoms with Crippen molar-refractivity contribution in [2.24, 2.45) is 5.92 Å². The van der Waals surface area contributed by atoms with Crippen LogP contribution in [0.3, 0.4) is 0 Å². The number of likely N-dealkylation sites (tertiary alicyclic amines) is 1. The lowest BCUT2D eigenvalue weighted by Gasteiger charge is -2.36. The van der Waals surface area contributed by atoms with E-state index in [4.69, 9.17) is 0 Å². The van der Waals surface area contributed by atoms with Crippen LogP contribution >= 0.6 is 0 Å². The van der Waals surface area contributed by atoms with Gasteiger partial charge in [0.2, 0.25) is 0 Å². The van der Waals surface area contributed by atoms with Crippen molar-refractivity contribution in [1.29, 1.82) is 0 Å². The highest BCUT2D eigenvalue weighted by Gasteiger charge is 2.30. The average molecular weight is 298 g/mol. The molecule has 0 unspecified atom stereocenters. The molecule has 1 saturated heterocycles. The Morgan fingerprint density at radius 1 is 1.12 bits per heavy atom. The molecule has 0 N–H and O–H groups in total. The Kier molecular flexibility index (Phi) is 4.90. The van der Waals surface area contributed by atoms with Gasteiger partial charge in [-0.15, -0.1) is 0 Å². The maximum atomic E-state index is 12.2. The van der Waals surface area contributed by atoms with Crippen LogP contribution < -0.4 is 17.0 Å². The Labute approximate surface area is 114 Å². The standard InChI is InChI=1S/C14H20NO.BrH/c1-15(2)10-8-13(9-11-15)14(16)12-6-4-3-5-7-12;/h3-7,13H,8-11H2,1-2H3;1H/q+1;/p-1. The Morgan fingerprint density at radius 3 is 2.18 bits per heavy atom. The summed E-state index contributed by atoms with van der Waals surface area (Å²) in [5.41, 5.74) is 0.875. The highest BCUT2D eigenvalue weighted by Crippen LogP contribution is 2.23. The maximum Gasteiger partial charge on any atom is 0.166 e. The quantitative estimate of drug-likeness (QED) is 0.524. The fourth-order valence-corrected chi connectivity index (χ4v) is 2.37. The smallest absolute Gasteiger partial charge is 0.166 e. The SMILES string of the molecule is C[N+]1(C)CCC(C(=O)c2ccccc2)CC1.[Br-]. The molecular weight excluding hydrogens is 278 g/mol. The molecule has 0 saturated carbocycles. The number of carbonyl (C=O) groups is 1.